The Morgan fingerprint density at radius 2 is 1.67 bits per heavy atom. The number of benzene rings is 3. The summed E-state index contributed by atoms with van der Waals surface area (Å²) in [5.41, 5.74) is 2.17. The first-order valence-corrected chi connectivity index (χ1v) is 9.48. The van der Waals surface area contributed by atoms with E-state index in [2.05, 4.69) is 5.32 Å². The van der Waals surface area contributed by atoms with Crippen molar-refractivity contribution in [3.63, 3.8) is 0 Å². The van der Waals surface area contributed by atoms with E-state index < -0.39 is 17.9 Å². The van der Waals surface area contributed by atoms with Crippen LogP contribution in [0.5, 0.6) is 11.5 Å². The number of hydrogen-bond donors (Lipinski definition) is 2. The average Bonchev–Trinajstić information content (AvgIpc) is 2.78. The van der Waals surface area contributed by atoms with Crippen LogP contribution in [0.25, 0.3) is 0 Å². The fourth-order valence-electron chi connectivity index (χ4n) is 2.92. The number of carbonyl (C=O) groups is 2. The van der Waals surface area contributed by atoms with Gasteiger partial charge in [0.1, 0.15) is 24.1 Å². The molecule has 30 heavy (non-hydrogen) atoms. The quantitative estimate of drug-likeness (QED) is 0.561. The molecule has 3 aromatic carbocycles. The molecule has 0 aliphatic heterocycles. The van der Waals surface area contributed by atoms with E-state index in [-0.39, 0.29) is 17.7 Å². The number of phenols is 1. The smallest absolute Gasteiger partial charge is 0.328 e. The second-order valence-corrected chi connectivity index (χ2v) is 6.72. The second-order valence-electron chi connectivity index (χ2n) is 6.72. The number of nitrogens with one attached hydrogen (secondary N) is 1. The molecule has 0 saturated heterocycles. The van der Waals surface area contributed by atoms with E-state index in [0.29, 0.717) is 12.4 Å². The van der Waals surface area contributed by atoms with Crippen molar-refractivity contribution >= 4 is 11.9 Å². The minimum Gasteiger partial charge on any atom is -0.508 e. The second kappa shape index (κ2) is 10.1. The van der Waals surface area contributed by atoms with Gasteiger partial charge in [0.15, 0.2) is 0 Å². The van der Waals surface area contributed by atoms with Crippen LogP contribution in [0.2, 0.25) is 0 Å². The van der Waals surface area contributed by atoms with Gasteiger partial charge in [0, 0.05) is 12.0 Å². The maximum Gasteiger partial charge on any atom is 0.328 e. The number of methoxy groups -OCH3 is 1. The number of hydrogen-bond acceptors (Lipinski definition) is 5. The lowest BCUT2D eigenvalue weighted by molar-refractivity contribution is -0.142. The highest BCUT2D eigenvalue weighted by Crippen LogP contribution is 2.16. The van der Waals surface area contributed by atoms with Gasteiger partial charge in [0.05, 0.1) is 7.11 Å². The van der Waals surface area contributed by atoms with E-state index in [4.69, 9.17) is 9.47 Å². The molecule has 0 fully saturated rings. The predicted molar refractivity (Wildman–Crippen MR) is 112 cm³/mol. The lowest BCUT2D eigenvalue weighted by Gasteiger charge is -2.17. The van der Waals surface area contributed by atoms with Gasteiger partial charge in [-0.1, -0.05) is 48.5 Å². The molecule has 3 rings (SSSR count). The van der Waals surface area contributed by atoms with Crippen molar-refractivity contribution in [3.8, 4) is 11.5 Å². The molecule has 0 unspecified atom stereocenters. The van der Waals surface area contributed by atoms with Crippen molar-refractivity contribution in [3.05, 3.63) is 95.6 Å². The Hall–Kier alpha value is -3.80. The zero-order valence-electron chi connectivity index (χ0n) is 16.6. The van der Waals surface area contributed by atoms with Crippen LogP contribution in [0, 0.1) is 0 Å². The third-order valence-corrected chi connectivity index (χ3v) is 4.51. The lowest BCUT2D eigenvalue weighted by Crippen LogP contribution is -2.43. The van der Waals surface area contributed by atoms with Gasteiger partial charge in [0.25, 0.3) is 5.91 Å². The van der Waals surface area contributed by atoms with Crippen LogP contribution in [0.3, 0.4) is 0 Å². The monoisotopic (exact) mass is 405 g/mol. The Labute approximate surface area is 175 Å². The SMILES string of the molecule is COC(=O)[C@H](Cc1ccc(OCc2ccccc2)cc1)NC(=O)c1cccc(O)c1. The van der Waals surface area contributed by atoms with Crippen LogP contribution < -0.4 is 10.1 Å². The molecule has 0 aliphatic carbocycles. The van der Waals surface area contributed by atoms with Crippen LogP contribution in [0.1, 0.15) is 21.5 Å². The normalized spacial score (nSPS) is 11.4. The molecule has 154 valence electrons. The molecule has 0 heterocycles. The van der Waals surface area contributed by atoms with Crippen molar-refractivity contribution < 1.29 is 24.2 Å². The Bertz CT molecular complexity index is 986. The summed E-state index contributed by atoms with van der Waals surface area (Å²) in [6.45, 7) is 0.463. The van der Waals surface area contributed by atoms with E-state index in [0.717, 1.165) is 11.1 Å². The lowest BCUT2D eigenvalue weighted by atomic mass is 10.0. The number of phenolic OH excluding ortho intramolecular Hbond substituents is 1. The third kappa shape index (κ3) is 5.85. The number of amides is 1. The first kappa shape index (κ1) is 20.9. The summed E-state index contributed by atoms with van der Waals surface area (Å²) in [7, 11) is 1.27. The summed E-state index contributed by atoms with van der Waals surface area (Å²) in [5, 5.41) is 12.2. The van der Waals surface area contributed by atoms with Gasteiger partial charge in [-0.15, -0.1) is 0 Å². The zero-order valence-corrected chi connectivity index (χ0v) is 16.6. The number of rotatable bonds is 8. The van der Waals surface area contributed by atoms with Gasteiger partial charge in [0.2, 0.25) is 0 Å². The van der Waals surface area contributed by atoms with Gasteiger partial charge in [-0.3, -0.25) is 4.79 Å². The van der Waals surface area contributed by atoms with Crippen molar-refractivity contribution in [1.82, 2.24) is 5.32 Å². The highest BCUT2D eigenvalue weighted by molar-refractivity contribution is 5.97. The largest absolute Gasteiger partial charge is 0.508 e. The fourth-order valence-corrected chi connectivity index (χ4v) is 2.92. The molecule has 2 N–H and O–H groups in total. The van der Waals surface area contributed by atoms with Gasteiger partial charge in [-0.05, 0) is 41.5 Å². The van der Waals surface area contributed by atoms with E-state index >= 15 is 0 Å². The van der Waals surface area contributed by atoms with Crippen molar-refractivity contribution in [2.75, 3.05) is 7.11 Å². The van der Waals surface area contributed by atoms with Gasteiger partial charge in [-0.25, -0.2) is 4.79 Å². The van der Waals surface area contributed by atoms with Crippen LogP contribution in [0.15, 0.2) is 78.9 Å². The number of aromatic hydroxyl groups is 1. The van der Waals surface area contributed by atoms with Crippen LogP contribution in [0.4, 0.5) is 0 Å². The van der Waals surface area contributed by atoms with E-state index in [9.17, 15) is 14.7 Å². The Morgan fingerprint density at radius 3 is 2.33 bits per heavy atom. The highest BCUT2D eigenvalue weighted by atomic mass is 16.5. The molecule has 1 amide bonds. The maximum atomic E-state index is 12.4. The summed E-state index contributed by atoms with van der Waals surface area (Å²) in [4.78, 5) is 24.6. The molecule has 1 atom stereocenters. The summed E-state index contributed by atoms with van der Waals surface area (Å²) in [6, 6.07) is 22.2. The third-order valence-electron chi connectivity index (χ3n) is 4.51. The molecule has 0 aromatic heterocycles. The van der Waals surface area contributed by atoms with E-state index in [1.807, 2.05) is 54.6 Å². The number of ether oxygens (including phenoxy) is 2. The minimum atomic E-state index is -0.860. The standard InChI is InChI=1S/C24H23NO5/c1-29-24(28)22(25-23(27)19-8-5-9-20(26)15-19)14-17-10-12-21(13-11-17)30-16-18-6-3-2-4-7-18/h2-13,15,22,26H,14,16H2,1H3,(H,25,27)/t22-/m0/s1. The average molecular weight is 405 g/mol. The molecular formula is C24H23NO5. The Kier molecular flexibility index (Phi) is 7.05. The predicted octanol–water partition coefficient (Wildman–Crippen LogP) is 3.49. The van der Waals surface area contributed by atoms with E-state index in [1.54, 1.807) is 12.1 Å². The van der Waals surface area contributed by atoms with Gasteiger partial charge < -0.3 is 19.9 Å². The Balaban J connectivity index is 1.63. The van der Waals surface area contributed by atoms with Crippen molar-refractivity contribution in [2.24, 2.45) is 0 Å². The molecule has 0 bridgehead atoms. The zero-order chi connectivity index (χ0) is 21.3. The summed E-state index contributed by atoms with van der Waals surface area (Å²) in [5.74, 6) is -0.332. The molecule has 0 spiro atoms. The molecule has 6 heteroatoms. The van der Waals surface area contributed by atoms with Crippen LogP contribution in [-0.2, 0) is 22.6 Å². The first-order chi connectivity index (χ1) is 14.5. The maximum absolute atomic E-state index is 12.4. The summed E-state index contributed by atoms with van der Waals surface area (Å²) >= 11 is 0. The molecule has 0 saturated carbocycles. The van der Waals surface area contributed by atoms with E-state index in [1.165, 1.54) is 19.2 Å². The van der Waals surface area contributed by atoms with Crippen LogP contribution in [-0.4, -0.2) is 30.1 Å². The van der Waals surface area contributed by atoms with Gasteiger partial charge in [-0.2, -0.15) is 0 Å². The van der Waals surface area contributed by atoms with Gasteiger partial charge >= 0.3 is 5.97 Å². The number of carbonyl (C=O) groups excluding carboxylic acids is 2. The van der Waals surface area contributed by atoms with Crippen LogP contribution >= 0.6 is 0 Å². The summed E-state index contributed by atoms with van der Waals surface area (Å²) in [6.07, 6.45) is 0.260. The topological polar surface area (TPSA) is 84.9 Å². The number of esters is 1. The summed E-state index contributed by atoms with van der Waals surface area (Å²) < 4.78 is 10.6. The van der Waals surface area contributed by atoms with Crippen molar-refractivity contribution in [1.29, 1.82) is 0 Å². The molecule has 6 nitrogen and oxygen atoms in total. The fraction of sp³-hybridized carbons (Fsp3) is 0.167. The first-order valence-electron chi connectivity index (χ1n) is 9.48. The molecule has 0 aliphatic rings. The molecule has 3 aromatic rings. The van der Waals surface area contributed by atoms with Crippen molar-refractivity contribution in [2.45, 2.75) is 19.1 Å². The Morgan fingerprint density at radius 1 is 0.933 bits per heavy atom. The molecular weight excluding hydrogens is 382 g/mol. The minimum absolute atomic E-state index is 0.0247. The highest BCUT2D eigenvalue weighted by Gasteiger charge is 2.22. The molecule has 0 radical (unpaired) electrons.